The zero-order valence-electron chi connectivity index (χ0n) is 26.0. The largest absolute Gasteiger partial charge is 0.491 e. The molecule has 246 valence electrons. The Morgan fingerprint density at radius 1 is 0.405 bits per heavy atom. The number of benzene rings is 1. The third-order valence-corrected chi connectivity index (χ3v) is 6.19. The van der Waals surface area contributed by atoms with Crippen molar-refractivity contribution in [3.8, 4) is 5.75 Å². The molecule has 0 unspecified atom stereocenters. The Bertz CT molecular complexity index is 695. The van der Waals surface area contributed by atoms with Gasteiger partial charge in [0.25, 0.3) is 0 Å². The average molecular weight is 622 g/mol. The quantitative estimate of drug-likeness (QED) is 0.0722. The van der Waals surface area contributed by atoms with E-state index in [9.17, 15) is 0 Å². The monoisotopic (exact) mass is 621 g/mol. The van der Waals surface area contributed by atoms with Gasteiger partial charge in [-0.2, -0.15) is 0 Å². The van der Waals surface area contributed by atoms with E-state index >= 15 is 0 Å². The predicted molar refractivity (Wildman–Crippen MR) is 163 cm³/mol. The van der Waals surface area contributed by atoms with Crippen LogP contribution in [0.15, 0.2) is 24.3 Å². The van der Waals surface area contributed by atoms with Gasteiger partial charge in [-0.1, -0.05) is 0 Å². The first-order valence-electron chi connectivity index (χ1n) is 14.8. The molecule has 13 heteroatoms. The molecule has 1 aromatic carbocycles. The molecule has 0 aliphatic carbocycles. The first-order chi connectivity index (χ1) is 20.5. The van der Waals surface area contributed by atoms with Crippen molar-refractivity contribution in [3.63, 3.8) is 0 Å². The van der Waals surface area contributed by atoms with E-state index in [1.807, 2.05) is 12.1 Å². The number of anilines is 1. The van der Waals surface area contributed by atoms with E-state index in [-0.39, 0.29) is 0 Å². The number of nitrogens with two attached hydrogens (primary N) is 1. The van der Waals surface area contributed by atoms with Gasteiger partial charge in [0.15, 0.2) is 8.32 Å². The molecule has 0 saturated carbocycles. The molecule has 2 N–H and O–H groups in total. The summed E-state index contributed by atoms with van der Waals surface area (Å²) in [7, 11) is -1.45. The fourth-order valence-electron chi connectivity index (χ4n) is 3.05. The molecule has 0 amide bonds. The van der Waals surface area contributed by atoms with Gasteiger partial charge < -0.3 is 57.5 Å². The van der Waals surface area contributed by atoms with E-state index in [2.05, 4.69) is 19.6 Å². The first kappa shape index (κ1) is 38.7. The van der Waals surface area contributed by atoms with Gasteiger partial charge in [-0.05, 0) is 43.9 Å². The lowest BCUT2D eigenvalue weighted by Gasteiger charge is -2.16. The van der Waals surface area contributed by atoms with Crippen molar-refractivity contribution in [1.82, 2.24) is 0 Å². The Labute approximate surface area is 253 Å². The maximum atomic E-state index is 5.71. The van der Waals surface area contributed by atoms with Crippen molar-refractivity contribution in [3.05, 3.63) is 24.3 Å². The second-order valence-corrected chi connectivity index (χ2v) is 14.4. The fourth-order valence-corrected chi connectivity index (χ4v) is 3.75. The van der Waals surface area contributed by atoms with Gasteiger partial charge in [0, 0.05) is 5.69 Å². The molecule has 0 spiro atoms. The SMILES string of the molecule is C[Si](C)(C)OCCOCCOCCOCCOCCOCCOCCOCCOCCOCCOc1ccc(N)cc1. The zero-order chi connectivity index (χ0) is 30.4. The third-order valence-electron chi connectivity index (χ3n) is 5.12. The normalized spacial score (nSPS) is 11.8. The summed E-state index contributed by atoms with van der Waals surface area (Å²) in [5.74, 6) is 0.774. The van der Waals surface area contributed by atoms with Crippen LogP contribution in [0.3, 0.4) is 0 Å². The number of hydrogen-bond acceptors (Lipinski definition) is 12. The summed E-state index contributed by atoms with van der Waals surface area (Å²) in [6, 6.07) is 7.27. The van der Waals surface area contributed by atoms with Crippen LogP contribution in [0.2, 0.25) is 19.6 Å². The molecule has 0 fully saturated rings. The lowest BCUT2D eigenvalue weighted by molar-refractivity contribution is -0.0257. The molecule has 0 aliphatic heterocycles. The van der Waals surface area contributed by atoms with Crippen LogP contribution in [0.1, 0.15) is 0 Å². The lowest BCUT2D eigenvalue weighted by atomic mass is 10.3. The molecule has 0 saturated heterocycles. The van der Waals surface area contributed by atoms with E-state index in [0.717, 1.165) is 5.75 Å². The van der Waals surface area contributed by atoms with Crippen LogP contribution in [0.5, 0.6) is 5.75 Å². The molecule has 1 rings (SSSR count). The second kappa shape index (κ2) is 28.4. The van der Waals surface area contributed by atoms with Gasteiger partial charge in [-0.3, -0.25) is 0 Å². The Balaban J connectivity index is 1.64. The fraction of sp³-hybridized carbons (Fsp3) is 0.793. The molecule has 0 atom stereocenters. The van der Waals surface area contributed by atoms with E-state index in [0.29, 0.717) is 138 Å². The van der Waals surface area contributed by atoms with Gasteiger partial charge >= 0.3 is 0 Å². The minimum absolute atomic E-state index is 0.478. The smallest absolute Gasteiger partial charge is 0.183 e. The Morgan fingerprint density at radius 3 is 0.952 bits per heavy atom. The van der Waals surface area contributed by atoms with Gasteiger partial charge in [0.1, 0.15) is 12.4 Å². The first-order valence-corrected chi connectivity index (χ1v) is 18.2. The highest BCUT2D eigenvalue weighted by Gasteiger charge is 2.13. The Morgan fingerprint density at radius 2 is 0.667 bits per heavy atom. The standard InChI is InChI=1S/C29H55NO11Si/c1-42(2,3)41-27-25-39-23-21-37-19-17-35-15-13-33-11-9-31-8-10-32-12-14-34-16-18-36-20-22-38-24-26-40-29-6-4-28(30)5-7-29/h4-7H,8-27,30H2,1-3H3. The highest BCUT2D eigenvalue weighted by Crippen LogP contribution is 2.12. The number of rotatable bonds is 32. The van der Waals surface area contributed by atoms with Crippen molar-refractivity contribution >= 4 is 14.0 Å². The molecular formula is C29H55NO11Si. The van der Waals surface area contributed by atoms with E-state index in [1.54, 1.807) is 12.1 Å². The van der Waals surface area contributed by atoms with Crippen LogP contribution < -0.4 is 10.5 Å². The van der Waals surface area contributed by atoms with Crippen molar-refractivity contribution in [2.45, 2.75) is 19.6 Å². The number of hydrogen-bond donors (Lipinski definition) is 1. The number of nitrogen functional groups attached to an aromatic ring is 1. The van der Waals surface area contributed by atoms with Gasteiger partial charge in [-0.25, -0.2) is 0 Å². The zero-order valence-corrected chi connectivity index (χ0v) is 27.0. The molecule has 0 radical (unpaired) electrons. The highest BCUT2D eigenvalue weighted by atomic mass is 28.4. The maximum absolute atomic E-state index is 5.71. The van der Waals surface area contributed by atoms with Crippen LogP contribution >= 0.6 is 0 Å². The topological polar surface area (TPSA) is 128 Å². The minimum atomic E-state index is -1.45. The molecule has 42 heavy (non-hydrogen) atoms. The second-order valence-electron chi connectivity index (χ2n) is 9.89. The maximum Gasteiger partial charge on any atom is 0.183 e. The third kappa shape index (κ3) is 28.7. The van der Waals surface area contributed by atoms with Crippen LogP contribution in [0.4, 0.5) is 5.69 Å². The summed E-state index contributed by atoms with van der Waals surface area (Å²) in [5.41, 5.74) is 6.35. The molecular weight excluding hydrogens is 566 g/mol. The highest BCUT2D eigenvalue weighted by molar-refractivity contribution is 6.69. The lowest BCUT2D eigenvalue weighted by Crippen LogP contribution is -2.27. The molecule has 1 aromatic rings. The summed E-state index contributed by atoms with van der Waals surface area (Å²) >= 11 is 0. The predicted octanol–water partition coefficient (Wildman–Crippen LogP) is 2.65. The van der Waals surface area contributed by atoms with E-state index < -0.39 is 8.32 Å². The minimum Gasteiger partial charge on any atom is -0.491 e. The van der Waals surface area contributed by atoms with Crippen molar-refractivity contribution < 1.29 is 51.8 Å². The summed E-state index contributed by atoms with van der Waals surface area (Å²) < 4.78 is 60.5. The summed E-state index contributed by atoms with van der Waals surface area (Å²) in [6.07, 6.45) is 0. The molecule has 0 aromatic heterocycles. The molecule has 0 heterocycles. The van der Waals surface area contributed by atoms with Crippen molar-refractivity contribution in [2.75, 3.05) is 138 Å². The Hall–Kier alpha value is -1.36. The van der Waals surface area contributed by atoms with Gasteiger partial charge in [-0.15, -0.1) is 0 Å². The average Bonchev–Trinajstić information content (AvgIpc) is 2.96. The van der Waals surface area contributed by atoms with E-state index in [1.165, 1.54) is 0 Å². The van der Waals surface area contributed by atoms with E-state index in [4.69, 9.17) is 57.5 Å². The molecule has 12 nitrogen and oxygen atoms in total. The summed E-state index contributed by atoms with van der Waals surface area (Å²) in [4.78, 5) is 0. The van der Waals surface area contributed by atoms with Crippen LogP contribution in [-0.2, 0) is 47.1 Å². The number of ether oxygens (including phenoxy) is 10. The van der Waals surface area contributed by atoms with Crippen molar-refractivity contribution in [2.24, 2.45) is 0 Å². The molecule has 0 bridgehead atoms. The summed E-state index contributed by atoms with van der Waals surface area (Å²) in [5, 5.41) is 0. The van der Waals surface area contributed by atoms with Crippen molar-refractivity contribution in [1.29, 1.82) is 0 Å². The Kier molecular flexibility index (Phi) is 26.2. The summed E-state index contributed by atoms with van der Waals surface area (Å²) in [6.45, 7) is 17.1. The van der Waals surface area contributed by atoms with Gasteiger partial charge in [0.2, 0.25) is 0 Å². The van der Waals surface area contributed by atoms with Crippen LogP contribution in [0, 0.1) is 0 Å². The molecule has 0 aliphatic rings. The van der Waals surface area contributed by atoms with Gasteiger partial charge in [0.05, 0.1) is 126 Å². The van der Waals surface area contributed by atoms with Crippen LogP contribution in [0.25, 0.3) is 0 Å². The van der Waals surface area contributed by atoms with Crippen LogP contribution in [-0.4, -0.2) is 140 Å².